The monoisotopic (exact) mass is 329 g/mol. The van der Waals surface area contributed by atoms with Gasteiger partial charge in [-0.15, -0.1) is 0 Å². The fraction of sp³-hybridized carbons (Fsp3) is 0.462. The van der Waals surface area contributed by atoms with Crippen LogP contribution in [0.25, 0.3) is 0 Å². The summed E-state index contributed by atoms with van der Waals surface area (Å²) in [5.74, 6) is 0.776. The van der Waals surface area contributed by atoms with Crippen molar-refractivity contribution in [2.24, 2.45) is 0 Å². The SMILES string of the molecule is COc1ccc(COC(=O)NC2(CBr)COC2)cc1. The zero-order valence-electron chi connectivity index (χ0n) is 10.6. The molecule has 1 N–H and O–H groups in total. The van der Waals surface area contributed by atoms with Crippen molar-refractivity contribution in [3.63, 3.8) is 0 Å². The first-order valence-electron chi connectivity index (χ1n) is 5.89. The zero-order valence-corrected chi connectivity index (χ0v) is 12.2. The molecule has 1 saturated heterocycles. The number of alkyl halides is 1. The van der Waals surface area contributed by atoms with Crippen LogP contribution in [-0.2, 0) is 16.1 Å². The third kappa shape index (κ3) is 3.61. The highest BCUT2D eigenvalue weighted by molar-refractivity contribution is 9.09. The number of ether oxygens (including phenoxy) is 3. The molecule has 0 unspecified atom stereocenters. The summed E-state index contributed by atoms with van der Waals surface area (Å²) < 4.78 is 15.3. The predicted octanol–water partition coefficient (Wildman–Crippen LogP) is 2.09. The van der Waals surface area contributed by atoms with Crippen molar-refractivity contribution in [3.8, 4) is 5.75 Å². The van der Waals surface area contributed by atoms with Gasteiger partial charge in [0.25, 0.3) is 0 Å². The van der Waals surface area contributed by atoms with Gasteiger partial charge in [-0.1, -0.05) is 28.1 Å². The van der Waals surface area contributed by atoms with Gasteiger partial charge >= 0.3 is 6.09 Å². The van der Waals surface area contributed by atoms with E-state index in [2.05, 4.69) is 21.2 Å². The molecule has 0 atom stereocenters. The van der Waals surface area contributed by atoms with E-state index in [4.69, 9.17) is 14.2 Å². The Morgan fingerprint density at radius 2 is 2.11 bits per heavy atom. The van der Waals surface area contributed by atoms with Crippen molar-refractivity contribution >= 4 is 22.0 Å². The van der Waals surface area contributed by atoms with E-state index in [0.29, 0.717) is 18.5 Å². The van der Waals surface area contributed by atoms with Crippen LogP contribution in [-0.4, -0.2) is 37.3 Å². The highest BCUT2D eigenvalue weighted by atomic mass is 79.9. The van der Waals surface area contributed by atoms with Crippen LogP contribution < -0.4 is 10.1 Å². The third-order valence-electron chi connectivity index (χ3n) is 2.91. The number of methoxy groups -OCH3 is 1. The molecule has 104 valence electrons. The van der Waals surface area contributed by atoms with Crippen LogP contribution >= 0.6 is 15.9 Å². The van der Waals surface area contributed by atoms with E-state index in [1.807, 2.05) is 24.3 Å². The van der Waals surface area contributed by atoms with E-state index < -0.39 is 6.09 Å². The molecule has 6 heteroatoms. The minimum Gasteiger partial charge on any atom is -0.497 e. The number of rotatable bonds is 5. The van der Waals surface area contributed by atoms with Crippen molar-refractivity contribution < 1.29 is 19.0 Å². The molecule has 19 heavy (non-hydrogen) atoms. The van der Waals surface area contributed by atoms with E-state index >= 15 is 0 Å². The summed E-state index contributed by atoms with van der Waals surface area (Å²) >= 11 is 3.36. The summed E-state index contributed by atoms with van der Waals surface area (Å²) in [4.78, 5) is 11.7. The van der Waals surface area contributed by atoms with E-state index in [-0.39, 0.29) is 12.1 Å². The molecular weight excluding hydrogens is 314 g/mol. The Bertz CT molecular complexity index is 425. The molecular formula is C13H16BrNO4. The van der Waals surface area contributed by atoms with Crippen LogP contribution in [0, 0.1) is 0 Å². The van der Waals surface area contributed by atoms with E-state index in [0.717, 1.165) is 11.3 Å². The quantitative estimate of drug-likeness (QED) is 0.840. The maximum atomic E-state index is 11.7. The van der Waals surface area contributed by atoms with Crippen LogP contribution in [0.5, 0.6) is 5.75 Å². The number of hydrogen-bond acceptors (Lipinski definition) is 4. The molecule has 0 saturated carbocycles. The van der Waals surface area contributed by atoms with Gasteiger partial charge in [0.1, 0.15) is 12.4 Å². The third-order valence-corrected chi connectivity index (χ3v) is 3.98. The number of hydrogen-bond donors (Lipinski definition) is 1. The smallest absolute Gasteiger partial charge is 0.408 e. The molecule has 1 heterocycles. The number of nitrogens with one attached hydrogen (secondary N) is 1. The van der Waals surface area contributed by atoms with Crippen LogP contribution in [0.3, 0.4) is 0 Å². The molecule has 0 aromatic heterocycles. The first-order chi connectivity index (χ1) is 9.17. The van der Waals surface area contributed by atoms with Gasteiger partial charge in [0.15, 0.2) is 0 Å². The summed E-state index contributed by atoms with van der Waals surface area (Å²) in [6.07, 6.45) is -0.432. The fourth-order valence-corrected chi connectivity index (χ4v) is 2.12. The van der Waals surface area contributed by atoms with Crippen molar-refractivity contribution in [1.29, 1.82) is 0 Å². The number of carbonyl (C=O) groups excluding carboxylic acids is 1. The highest BCUT2D eigenvalue weighted by Gasteiger charge is 2.39. The van der Waals surface area contributed by atoms with Crippen LogP contribution in [0.15, 0.2) is 24.3 Å². The molecule has 1 aliphatic rings. The van der Waals surface area contributed by atoms with Gasteiger partial charge in [-0.25, -0.2) is 4.79 Å². The van der Waals surface area contributed by atoms with Gasteiger partial charge in [0.05, 0.1) is 25.9 Å². The topological polar surface area (TPSA) is 56.8 Å². The number of benzene rings is 1. The Morgan fingerprint density at radius 1 is 1.42 bits per heavy atom. The molecule has 1 aromatic carbocycles. The normalized spacial score (nSPS) is 16.3. The van der Waals surface area contributed by atoms with Crippen molar-refractivity contribution in [2.75, 3.05) is 25.7 Å². The summed E-state index contributed by atoms with van der Waals surface area (Å²) in [5.41, 5.74) is 0.588. The van der Waals surface area contributed by atoms with E-state index in [1.54, 1.807) is 7.11 Å². The average Bonchev–Trinajstić information content (AvgIpc) is 2.41. The highest BCUT2D eigenvalue weighted by Crippen LogP contribution is 2.19. The Labute approximate surface area is 120 Å². The molecule has 0 bridgehead atoms. The first kappa shape index (κ1) is 14.1. The second-order valence-electron chi connectivity index (χ2n) is 4.46. The number of alkyl carbamates (subject to hydrolysis) is 1. The molecule has 0 radical (unpaired) electrons. The predicted molar refractivity (Wildman–Crippen MR) is 73.7 cm³/mol. The second-order valence-corrected chi connectivity index (χ2v) is 5.02. The second kappa shape index (κ2) is 6.25. The van der Waals surface area contributed by atoms with Gasteiger partial charge in [0.2, 0.25) is 0 Å². The standard InChI is InChI=1S/C13H16BrNO4/c1-17-11-4-2-10(3-5-11)6-19-12(16)15-13(7-14)8-18-9-13/h2-5H,6-9H2,1H3,(H,15,16). The van der Waals surface area contributed by atoms with Gasteiger partial charge in [-0.2, -0.15) is 0 Å². The molecule has 1 fully saturated rings. The lowest BCUT2D eigenvalue weighted by molar-refractivity contribution is -0.0589. The molecule has 2 rings (SSSR count). The van der Waals surface area contributed by atoms with E-state index in [1.165, 1.54) is 0 Å². The van der Waals surface area contributed by atoms with Gasteiger partial charge in [0, 0.05) is 5.33 Å². The lowest BCUT2D eigenvalue weighted by Gasteiger charge is -2.40. The summed E-state index contributed by atoms with van der Waals surface area (Å²) in [5, 5.41) is 3.47. The molecule has 0 spiro atoms. The van der Waals surface area contributed by atoms with Gasteiger partial charge in [-0.05, 0) is 17.7 Å². The molecule has 5 nitrogen and oxygen atoms in total. The Morgan fingerprint density at radius 3 is 2.58 bits per heavy atom. The minimum atomic E-state index is -0.432. The number of carbonyl (C=O) groups is 1. The maximum absolute atomic E-state index is 11.7. The fourth-order valence-electron chi connectivity index (χ4n) is 1.65. The van der Waals surface area contributed by atoms with Crippen LogP contribution in [0.2, 0.25) is 0 Å². The largest absolute Gasteiger partial charge is 0.497 e. The molecule has 0 aliphatic carbocycles. The lowest BCUT2D eigenvalue weighted by Crippen LogP contribution is -2.63. The molecule has 1 aromatic rings. The van der Waals surface area contributed by atoms with Crippen molar-refractivity contribution in [1.82, 2.24) is 5.32 Å². The van der Waals surface area contributed by atoms with Crippen molar-refractivity contribution in [2.45, 2.75) is 12.1 Å². The average molecular weight is 330 g/mol. The lowest BCUT2D eigenvalue weighted by atomic mass is 10.0. The first-order valence-corrected chi connectivity index (χ1v) is 7.01. The van der Waals surface area contributed by atoms with Gasteiger partial charge in [-0.3, -0.25) is 0 Å². The zero-order chi connectivity index (χ0) is 13.7. The number of amides is 1. The molecule has 1 amide bonds. The summed E-state index contributed by atoms with van der Waals surface area (Å²) in [6, 6.07) is 7.38. The van der Waals surface area contributed by atoms with Crippen LogP contribution in [0.1, 0.15) is 5.56 Å². The summed E-state index contributed by atoms with van der Waals surface area (Å²) in [6.45, 7) is 1.25. The van der Waals surface area contributed by atoms with Crippen molar-refractivity contribution in [3.05, 3.63) is 29.8 Å². The van der Waals surface area contributed by atoms with Crippen LogP contribution in [0.4, 0.5) is 4.79 Å². The summed E-state index contributed by atoms with van der Waals surface area (Å²) in [7, 11) is 1.61. The molecule has 1 aliphatic heterocycles. The van der Waals surface area contributed by atoms with E-state index in [9.17, 15) is 4.79 Å². The van der Waals surface area contributed by atoms with Gasteiger partial charge < -0.3 is 19.5 Å². The Balaban J connectivity index is 1.79. The number of halogens is 1. The Hall–Kier alpha value is -1.27. The Kier molecular flexibility index (Phi) is 4.66. The maximum Gasteiger partial charge on any atom is 0.408 e. The minimum absolute atomic E-state index is 0.231.